The van der Waals surface area contributed by atoms with Crippen molar-refractivity contribution >= 4 is 16.9 Å². The molecule has 1 aromatic carbocycles. The number of piperidine rings is 1. The Kier molecular flexibility index (Phi) is 3.86. The molecule has 0 bridgehead atoms. The molecule has 1 saturated heterocycles. The van der Waals surface area contributed by atoms with Crippen LogP contribution in [0.25, 0.3) is 11.0 Å². The Labute approximate surface area is 140 Å². The first kappa shape index (κ1) is 15.0. The number of hydrogen-bond acceptors (Lipinski definition) is 4. The van der Waals surface area contributed by atoms with Gasteiger partial charge in [-0.1, -0.05) is 30.3 Å². The van der Waals surface area contributed by atoms with E-state index in [1.165, 1.54) is 5.56 Å². The lowest BCUT2D eigenvalue weighted by Gasteiger charge is -2.32. The van der Waals surface area contributed by atoms with E-state index in [-0.39, 0.29) is 17.5 Å². The highest BCUT2D eigenvalue weighted by molar-refractivity contribution is 5.79. The van der Waals surface area contributed by atoms with Crippen molar-refractivity contribution < 1.29 is 4.42 Å². The topological polar surface area (TPSA) is 64.4 Å². The molecule has 24 heavy (non-hydrogen) atoms. The van der Waals surface area contributed by atoms with Crippen molar-refractivity contribution in [1.82, 2.24) is 9.47 Å². The van der Waals surface area contributed by atoms with Crippen LogP contribution in [-0.2, 0) is 6.54 Å². The van der Waals surface area contributed by atoms with Crippen molar-refractivity contribution in [2.24, 2.45) is 0 Å². The average Bonchev–Trinajstić information content (AvgIpc) is 2.99. The highest BCUT2D eigenvalue weighted by atomic mass is 16.3. The fourth-order valence-corrected chi connectivity index (χ4v) is 3.56. The number of nitrogens with zero attached hydrogens (tertiary/aromatic N) is 2. The van der Waals surface area contributed by atoms with E-state index in [1.807, 2.05) is 22.9 Å². The van der Waals surface area contributed by atoms with Crippen molar-refractivity contribution in [3.05, 3.63) is 64.6 Å². The van der Waals surface area contributed by atoms with E-state index >= 15 is 0 Å². The molecule has 0 saturated carbocycles. The molecule has 5 nitrogen and oxygen atoms in total. The van der Waals surface area contributed by atoms with Gasteiger partial charge in [-0.25, -0.2) is 0 Å². The molecule has 1 aliphatic rings. The summed E-state index contributed by atoms with van der Waals surface area (Å²) in [4.78, 5) is 15.1. The van der Waals surface area contributed by atoms with Crippen LogP contribution < -0.4 is 11.3 Å². The third kappa shape index (κ3) is 2.83. The lowest BCUT2D eigenvalue weighted by molar-refractivity contribution is 0.178. The normalized spacial score (nSPS) is 16.7. The number of nitrogen functional groups attached to an aromatic ring is 1. The van der Waals surface area contributed by atoms with Crippen molar-refractivity contribution in [2.75, 3.05) is 18.8 Å². The van der Waals surface area contributed by atoms with Crippen LogP contribution in [0.2, 0.25) is 0 Å². The fraction of sp³-hybridized carbons (Fsp3) is 0.316. The molecule has 2 aromatic heterocycles. The van der Waals surface area contributed by atoms with Gasteiger partial charge in [0, 0.05) is 37.9 Å². The van der Waals surface area contributed by atoms with E-state index < -0.39 is 0 Å². The zero-order valence-electron chi connectivity index (χ0n) is 13.5. The monoisotopic (exact) mass is 323 g/mol. The van der Waals surface area contributed by atoms with Gasteiger partial charge in [0.05, 0.1) is 5.39 Å². The van der Waals surface area contributed by atoms with Gasteiger partial charge in [0.2, 0.25) is 0 Å². The summed E-state index contributed by atoms with van der Waals surface area (Å²) in [5, 5.41) is 0.571. The van der Waals surface area contributed by atoms with Gasteiger partial charge in [-0.05, 0) is 24.5 Å². The second-order valence-electron chi connectivity index (χ2n) is 6.45. The SMILES string of the molecule is Nc1cc2c(=O)n(C3CCN(Cc4ccccc4)CC3)ccc2o1. The summed E-state index contributed by atoms with van der Waals surface area (Å²) in [5.74, 6) is 0.289. The molecule has 5 heteroatoms. The van der Waals surface area contributed by atoms with Gasteiger partial charge in [-0.2, -0.15) is 0 Å². The van der Waals surface area contributed by atoms with Gasteiger partial charge < -0.3 is 14.7 Å². The van der Waals surface area contributed by atoms with Gasteiger partial charge in [0.15, 0.2) is 5.88 Å². The number of hydrogen-bond donors (Lipinski definition) is 1. The van der Waals surface area contributed by atoms with Crippen LogP contribution in [0.5, 0.6) is 0 Å². The lowest BCUT2D eigenvalue weighted by atomic mass is 10.0. The minimum atomic E-state index is -0.00513. The molecule has 0 aliphatic carbocycles. The first-order valence-electron chi connectivity index (χ1n) is 8.37. The molecule has 3 aromatic rings. The van der Waals surface area contributed by atoms with Crippen molar-refractivity contribution in [2.45, 2.75) is 25.4 Å². The Morgan fingerprint density at radius 1 is 1.12 bits per heavy atom. The number of furan rings is 1. The molecule has 0 radical (unpaired) electrons. The van der Waals surface area contributed by atoms with E-state index in [0.717, 1.165) is 32.5 Å². The summed E-state index contributed by atoms with van der Waals surface area (Å²) in [7, 11) is 0. The van der Waals surface area contributed by atoms with Crippen LogP contribution in [0.1, 0.15) is 24.4 Å². The maximum absolute atomic E-state index is 12.6. The van der Waals surface area contributed by atoms with Crippen LogP contribution in [-0.4, -0.2) is 22.6 Å². The number of fused-ring (bicyclic) bond motifs is 1. The minimum Gasteiger partial charge on any atom is -0.441 e. The predicted octanol–water partition coefficient (Wildman–Crippen LogP) is 3.01. The maximum Gasteiger partial charge on any atom is 0.262 e. The largest absolute Gasteiger partial charge is 0.441 e. The predicted molar refractivity (Wildman–Crippen MR) is 94.9 cm³/mol. The number of anilines is 1. The van der Waals surface area contributed by atoms with Crippen LogP contribution >= 0.6 is 0 Å². The number of likely N-dealkylation sites (tertiary alicyclic amines) is 1. The molecule has 0 atom stereocenters. The first-order valence-corrected chi connectivity index (χ1v) is 8.37. The molecule has 1 fully saturated rings. The highest BCUT2D eigenvalue weighted by Crippen LogP contribution is 2.24. The van der Waals surface area contributed by atoms with Crippen molar-refractivity contribution in [3.63, 3.8) is 0 Å². The zero-order chi connectivity index (χ0) is 16.5. The van der Waals surface area contributed by atoms with Gasteiger partial charge in [-0.15, -0.1) is 0 Å². The van der Waals surface area contributed by atoms with Gasteiger partial charge in [0.1, 0.15) is 5.58 Å². The summed E-state index contributed by atoms with van der Waals surface area (Å²) < 4.78 is 7.18. The average molecular weight is 323 g/mol. The number of rotatable bonds is 3. The minimum absolute atomic E-state index is 0.00513. The first-order chi connectivity index (χ1) is 11.7. The van der Waals surface area contributed by atoms with Gasteiger partial charge in [0.25, 0.3) is 5.56 Å². The molecule has 4 rings (SSSR count). The molecular weight excluding hydrogens is 302 g/mol. The van der Waals surface area contributed by atoms with Crippen LogP contribution in [0.4, 0.5) is 5.88 Å². The van der Waals surface area contributed by atoms with E-state index in [1.54, 1.807) is 6.07 Å². The summed E-state index contributed by atoms with van der Waals surface area (Å²) >= 11 is 0. The Morgan fingerprint density at radius 3 is 2.62 bits per heavy atom. The van der Waals surface area contributed by atoms with E-state index in [2.05, 4.69) is 29.2 Å². The molecule has 1 aliphatic heterocycles. The standard InChI is InChI=1S/C19H21N3O2/c20-18-12-16-17(24-18)8-11-22(19(16)23)15-6-9-21(10-7-15)13-14-4-2-1-3-5-14/h1-5,8,11-12,15H,6-7,9-10,13,20H2. The van der Waals surface area contributed by atoms with Crippen LogP contribution in [0.3, 0.4) is 0 Å². The Bertz CT molecular complexity index is 890. The molecule has 0 unspecified atom stereocenters. The smallest absolute Gasteiger partial charge is 0.262 e. The second kappa shape index (κ2) is 6.17. The quantitative estimate of drug-likeness (QED) is 0.805. The molecule has 3 heterocycles. The molecule has 2 N–H and O–H groups in total. The van der Waals surface area contributed by atoms with Gasteiger partial charge in [-0.3, -0.25) is 9.69 Å². The zero-order valence-corrected chi connectivity index (χ0v) is 13.5. The van der Waals surface area contributed by atoms with E-state index in [9.17, 15) is 4.79 Å². The number of pyridine rings is 1. The number of nitrogens with two attached hydrogens (primary N) is 1. The number of aromatic nitrogens is 1. The lowest BCUT2D eigenvalue weighted by Crippen LogP contribution is -2.36. The summed E-state index contributed by atoms with van der Waals surface area (Å²) in [5.41, 5.74) is 7.55. The summed E-state index contributed by atoms with van der Waals surface area (Å²) in [6.45, 7) is 2.97. The Hall–Kier alpha value is -2.53. The second-order valence-corrected chi connectivity index (χ2v) is 6.45. The van der Waals surface area contributed by atoms with Gasteiger partial charge >= 0.3 is 0 Å². The molecule has 0 amide bonds. The molecule has 124 valence electrons. The molecular formula is C19H21N3O2. The van der Waals surface area contributed by atoms with E-state index in [0.29, 0.717) is 11.0 Å². The fourth-order valence-electron chi connectivity index (χ4n) is 3.56. The van der Waals surface area contributed by atoms with E-state index in [4.69, 9.17) is 10.2 Å². The van der Waals surface area contributed by atoms with Crippen molar-refractivity contribution in [3.8, 4) is 0 Å². The molecule has 0 spiro atoms. The third-order valence-corrected chi connectivity index (χ3v) is 4.83. The third-order valence-electron chi connectivity index (χ3n) is 4.83. The van der Waals surface area contributed by atoms with Crippen LogP contribution in [0.15, 0.2) is 57.9 Å². The van der Waals surface area contributed by atoms with Crippen molar-refractivity contribution in [1.29, 1.82) is 0 Å². The highest BCUT2D eigenvalue weighted by Gasteiger charge is 2.22. The Morgan fingerprint density at radius 2 is 1.88 bits per heavy atom. The summed E-state index contributed by atoms with van der Waals surface area (Å²) in [6, 6.07) is 14.2. The summed E-state index contributed by atoms with van der Waals surface area (Å²) in [6.07, 6.45) is 3.79. The Balaban J connectivity index is 1.48. The number of benzene rings is 1. The van der Waals surface area contributed by atoms with Crippen LogP contribution in [0, 0.1) is 0 Å². The maximum atomic E-state index is 12.6.